The third-order valence-corrected chi connectivity index (χ3v) is 5.25. The van der Waals surface area contributed by atoms with Gasteiger partial charge in [-0.25, -0.2) is 4.90 Å². The number of benzene rings is 3. The van der Waals surface area contributed by atoms with Crippen LogP contribution in [0.1, 0.15) is 11.1 Å². The maximum absolute atomic E-state index is 13.1. The summed E-state index contributed by atoms with van der Waals surface area (Å²) >= 11 is 6.27. The lowest BCUT2D eigenvalue weighted by Crippen LogP contribution is -2.32. The number of hydrogen-bond acceptors (Lipinski definition) is 3. The second kappa shape index (κ2) is 6.56. The average molecular weight is 377 g/mol. The highest BCUT2D eigenvalue weighted by molar-refractivity contribution is 6.53. The van der Waals surface area contributed by atoms with Gasteiger partial charge in [0.2, 0.25) is 0 Å². The van der Waals surface area contributed by atoms with Crippen LogP contribution >= 0.6 is 11.6 Å². The summed E-state index contributed by atoms with van der Waals surface area (Å²) in [7, 11) is 0. The van der Waals surface area contributed by atoms with E-state index in [1.807, 2.05) is 68.4 Å². The number of anilines is 2. The van der Waals surface area contributed by atoms with Crippen LogP contribution in [-0.4, -0.2) is 11.8 Å². The van der Waals surface area contributed by atoms with Crippen molar-refractivity contribution in [2.24, 2.45) is 0 Å². The first kappa shape index (κ1) is 17.3. The van der Waals surface area contributed by atoms with E-state index in [1.165, 1.54) is 0 Å². The minimum absolute atomic E-state index is 0.100. The molecule has 0 radical (unpaired) electrons. The summed E-state index contributed by atoms with van der Waals surface area (Å²) in [6.07, 6.45) is 0. The Balaban J connectivity index is 1.76. The fraction of sp³-hybridized carbons (Fsp3) is 0.0909. The number of amides is 2. The topological polar surface area (TPSA) is 49.4 Å². The minimum atomic E-state index is -0.522. The molecule has 1 N–H and O–H groups in total. The molecule has 0 aromatic heterocycles. The predicted molar refractivity (Wildman–Crippen MR) is 109 cm³/mol. The quantitative estimate of drug-likeness (QED) is 0.662. The highest BCUT2D eigenvalue weighted by atomic mass is 35.5. The third kappa shape index (κ3) is 2.78. The molecule has 27 heavy (non-hydrogen) atoms. The molecular weight excluding hydrogens is 360 g/mol. The van der Waals surface area contributed by atoms with Gasteiger partial charge in [0.25, 0.3) is 11.8 Å². The molecule has 0 saturated heterocycles. The minimum Gasteiger partial charge on any atom is -0.349 e. The molecule has 4 nitrogen and oxygen atoms in total. The zero-order chi connectivity index (χ0) is 19.1. The Morgan fingerprint density at radius 1 is 0.852 bits per heavy atom. The molecule has 0 bridgehead atoms. The van der Waals surface area contributed by atoms with Crippen LogP contribution in [-0.2, 0) is 9.59 Å². The largest absolute Gasteiger partial charge is 0.349 e. The zero-order valence-electron chi connectivity index (χ0n) is 14.9. The van der Waals surface area contributed by atoms with Crippen LogP contribution in [0, 0.1) is 13.8 Å². The van der Waals surface area contributed by atoms with E-state index in [1.54, 1.807) is 6.07 Å². The normalized spacial score (nSPS) is 14.4. The molecule has 0 unspecified atom stereocenters. The van der Waals surface area contributed by atoms with Crippen molar-refractivity contribution in [3.8, 4) is 0 Å². The van der Waals surface area contributed by atoms with Crippen molar-refractivity contribution in [2.75, 3.05) is 10.2 Å². The summed E-state index contributed by atoms with van der Waals surface area (Å²) in [6, 6.07) is 18.9. The van der Waals surface area contributed by atoms with Crippen LogP contribution in [0.4, 0.5) is 11.4 Å². The van der Waals surface area contributed by atoms with Crippen molar-refractivity contribution < 1.29 is 9.59 Å². The molecule has 0 spiro atoms. The highest BCUT2D eigenvalue weighted by Gasteiger charge is 2.39. The van der Waals surface area contributed by atoms with Gasteiger partial charge >= 0.3 is 0 Å². The molecule has 5 heteroatoms. The lowest BCUT2D eigenvalue weighted by atomic mass is 10.1. The van der Waals surface area contributed by atoms with Gasteiger partial charge in [-0.15, -0.1) is 0 Å². The van der Waals surface area contributed by atoms with Gasteiger partial charge in [0.1, 0.15) is 10.7 Å². The molecule has 0 atom stereocenters. The number of halogens is 1. The zero-order valence-corrected chi connectivity index (χ0v) is 15.7. The second-order valence-corrected chi connectivity index (χ2v) is 6.88. The molecule has 0 fully saturated rings. The summed E-state index contributed by atoms with van der Waals surface area (Å²) in [4.78, 5) is 27.0. The standard InChI is InChI=1S/C22H17ClN2O2/c1-13-7-5-11-17(14(13)2)24-20-19(23)21(26)25(22(20)27)18-12-6-9-15-8-3-4-10-16(15)18/h3-12,24H,1-2H3. The van der Waals surface area contributed by atoms with E-state index in [0.717, 1.165) is 32.5 Å². The molecule has 1 aliphatic rings. The first-order valence-corrected chi connectivity index (χ1v) is 8.96. The molecule has 1 heterocycles. The van der Waals surface area contributed by atoms with Crippen LogP contribution in [0.15, 0.2) is 71.4 Å². The summed E-state index contributed by atoms with van der Waals surface area (Å²) in [5.74, 6) is -0.979. The smallest absolute Gasteiger partial charge is 0.283 e. The van der Waals surface area contributed by atoms with E-state index in [2.05, 4.69) is 5.32 Å². The van der Waals surface area contributed by atoms with Gasteiger partial charge in [0, 0.05) is 11.1 Å². The molecule has 3 aromatic rings. The monoisotopic (exact) mass is 376 g/mol. The maximum Gasteiger partial charge on any atom is 0.283 e. The molecule has 1 aliphatic heterocycles. The molecule has 134 valence electrons. The fourth-order valence-electron chi connectivity index (χ4n) is 3.25. The van der Waals surface area contributed by atoms with Crippen molar-refractivity contribution in [1.82, 2.24) is 0 Å². The molecule has 3 aromatic carbocycles. The van der Waals surface area contributed by atoms with E-state index in [9.17, 15) is 9.59 Å². The average Bonchev–Trinajstić information content (AvgIpc) is 2.88. The SMILES string of the molecule is Cc1cccc(NC2=C(Cl)C(=O)N(c3cccc4ccccc34)C2=O)c1C. The lowest BCUT2D eigenvalue weighted by Gasteiger charge is -2.18. The number of nitrogens with one attached hydrogen (secondary N) is 1. The van der Waals surface area contributed by atoms with E-state index < -0.39 is 11.8 Å². The van der Waals surface area contributed by atoms with Crippen molar-refractivity contribution >= 4 is 45.6 Å². The highest BCUT2D eigenvalue weighted by Crippen LogP contribution is 2.34. The molecule has 0 saturated carbocycles. The van der Waals surface area contributed by atoms with E-state index in [0.29, 0.717) is 5.69 Å². The lowest BCUT2D eigenvalue weighted by molar-refractivity contribution is -0.120. The first-order valence-electron chi connectivity index (χ1n) is 8.58. The van der Waals surface area contributed by atoms with Crippen molar-refractivity contribution in [3.05, 3.63) is 82.5 Å². The Bertz CT molecular complexity index is 1130. The predicted octanol–water partition coefficient (Wildman–Crippen LogP) is 4.89. The number of aryl methyl sites for hydroxylation is 1. The number of carbonyl (C=O) groups excluding carboxylic acids is 2. The van der Waals surface area contributed by atoms with Gasteiger partial charge in [-0.1, -0.05) is 60.1 Å². The Hall–Kier alpha value is -3.11. The third-order valence-electron chi connectivity index (χ3n) is 4.90. The van der Waals surface area contributed by atoms with Crippen molar-refractivity contribution in [2.45, 2.75) is 13.8 Å². The summed E-state index contributed by atoms with van der Waals surface area (Å²) in [5.41, 5.74) is 3.46. The number of fused-ring (bicyclic) bond motifs is 1. The van der Waals surface area contributed by atoms with E-state index in [-0.39, 0.29) is 10.7 Å². The first-order chi connectivity index (χ1) is 13.0. The number of rotatable bonds is 3. The summed E-state index contributed by atoms with van der Waals surface area (Å²) in [6.45, 7) is 3.94. The van der Waals surface area contributed by atoms with Crippen LogP contribution in [0.3, 0.4) is 0 Å². The Kier molecular flexibility index (Phi) is 4.21. The van der Waals surface area contributed by atoms with Crippen LogP contribution in [0.5, 0.6) is 0 Å². The van der Waals surface area contributed by atoms with Crippen molar-refractivity contribution in [3.63, 3.8) is 0 Å². The Morgan fingerprint density at radius 3 is 2.37 bits per heavy atom. The van der Waals surface area contributed by atoms with Crippen LogP contribution in [0.25, 0.3) is 10.8 Å². The summed E-state index contributed by atoms with van der Waals surface area (Å²) < 4.78 is 0. The van der Waals surface area contributed by atoms with E-state index >= 15 is 0 Å². The van der Waals surface area contributed by atoms with Crippen LogP contribution in [0.2, 0.25) is 0 Å². The van der Waals surface area contributed by atoms with Crippen molar-refractivity contribution in [1.29, 1.82) is 0 Å². The van der Waals surface area contributed by atoms with Gasteiger partial charge in [-0.2, -0.15) is 0 Å². The number of imide groups is 1. The van der Waals surface area contributed by atoms with Gasteiger partial charge in [-0.3, -0.25) is 9.59 Å². The van der Waals surface area contributed by atoms with Gasteiger partial charge in [0.15, 0.2) is 0 Å². The molecule has 4 rings (SSSR count). The molecule has 0 aliphatic carbocycles. The van der Waals surface area contributed by atoms with E-state index in [4.69, 9.17) is 11.6 Å². The van der Waals surface area contributed by atoms with Crippen LogP contribution < -0.4 is 10.2 Å². The van der Waals surface area contributed by atoms with Gasteiger partial charge in [-0.05, 0) is 42.5 Å². The molecule has 2 amide bonds. The van der Waals surface area contributed by atoms with Gasteiger partial charge in [0.05, 0.1) is 5.69 Å². The Morgan fingerprint density at radius 2 is 1.56 bits per heavy atom. The van der Waals surface area contributed by atoms with Gasteiger partial charge < -0.3 is 5.32 Å². The number of nitrogens with zero attached hydrogens (tertiary/aromatic N) is 1. The molecular formula is C22H17ClN2O2. The number of carbonyl (C=O) groups is 2. The summed E-state index contributed by atoms with van der Waals surface area (Å²) in [5, 5.41) is 4.73. The number of hydrogen-bond donors (Lipinski definition) is 1. The Labute approximate surface area is 162 Å². The second-order valence-electron chi connectivity index (χ2n) is 6.51. The fourth-order valence-corrected chi connectivity index (χ4v) is 3.47. The maximum atomic E-state index is 13.1.